The smallest absolute Gasteiger partial charge is 0.309 e. The molecule has 0 aromatic heterocycles. The van der Waals surface area contributed by atoms with Crippen molar-refractivity contribution < 1.29 is 14.6 Å². The van der Waals surface area contributed by atoms with E-state index < -0.39 is 0 Å². The monoisotopic (exact) mass is 154 g/mol. The van der Waals surface area contributed by atoms with Gasteiger partial charge in [-0.25, -0.2) is 0 Å². The number of ether oxygens (including phenoxy) is 1. The van der Waals surface area contributed by atoms with E-state index in [1.807, 2.05) is 0 Å². The molecule has 1 N–H and O–H groups in total. The van der Waals surface area contributed by atoms with E-state index in [4.69, 9.17) is 4.74 Å². The van der Waals surface area contributed by atoms with Crippen LogP contribution in [0.3, 0.4) is 0 Å². The van der Waals surface area contributed by atoms with Gasteiger partial charge in [-0.15, -0.1) is 0 Å². The van der Waals surface area contributed by atoms with Gasteiger partial charge in [0.1, 0.15) is 6.10 Å². The number of hydrogen-bond acceptors (Lipinski definition) is 3. The highest BCUT2D eigenvalue weighted by Gasteiger charge is 2.61. The van der Waals surface area contributed by atoms with Crippen LogP contribution in [0.1, 0.15) is 12.8 Å². The van der Waals surface area contributed by atoms with Crippen molar-refractivity contribution in [2.45, 2.75) is 25.0 Å². The van der Waals surface area contributed by atoms with E-state index in [0.717, 1.165) is 12.8 Å². The molecular weight excluding hydrogens is 144 g/mol. The van der Waals surface area contributed by atoms with Crippen molar-refractivity contribution in [3.8, 4) is 0 Å². The molecule has 1 saturated heterocycles. The van der Waals surface area contributed by atoms with Gasteiger partial charge in [0.15, 0.2) is 0 Å². The third kappa shape index (κ3) is 0.527. The van der Waals surface area contributed by atoms with E-state index in [0.29, 0.717) is 11.8 Å². The van der Waals surface area contributed by atoms with Crippen LogP contribution in [-0.4, -0.2) is 23.3 Å². The first kappa shape index (κ1) is 6.00. The highest BCUT2D eigenvalue weighted by Crippen LogP contribution is 2.54. The van der Waals surface area contributed by atoms with Gasteiger partial charge < -0.3 is 9.84 Å². The zero-order valence-corrected chi connectivity index (χ0v) is 6.06. The van der Waals surface area contributed by atoms with Crippen LogP contribution in [0.2, 0.25) is 0 Å². The number of esters is 1. The van der Waals surface area contributed by atoms with Crippen LogP contribution in [0.25, 0.3) is 0 Å². The first-order chi connectivity index (χ1) is 5.27. The topological polar surface area (TPSA) is 46.5 Å². The summed E-state index contributed by atoms with van der Waals surface area (Å²) in [6.45, 7) is 0. The van der Waals surface area contributed by atoms with Crippen LogP contribution < -0.4 is 0 Å². The molecular formula is C8H10O3. The van der Waals surface area contributed by atoms with Gasteiger partial charge in [-0.2, -0.15) is 0 Å². The lowest BCUT2D eigenvalue weighted by atomic mass is 9.88. The molecule has 2 saturated carbocycles. The van der Waals surface area contributed by atoms with Gasteiger partial charge in [0.25, 0.3) is 0 Å². The molecule has 5 atom stereocenters. The van der Waals surface area contributed by atoms with Crippen LogP contribution >= 0.6 is 0 Å². The van der Waals surface area contributed by atoms with Crippen LogP contribution in [0, 0.1) is 17.8 Å². The molecule has 0 aromatic rings. The first-order valence-electron chi connectivity index (χ1n) is 4.16. The quantitative estimate of drug-likeness (QED) is 0.497. The number of aliphatic hydroxyl groups is 1. The van der Waals surface area contributed by atoms with Crippen molar-refractivity contribution in [1.29, 1.82) is 0 Å². The summed E-state index contributed by atoms with van der Waals surface area (Å²) in [7, 11) is 0. The fourth-order valence-electron chi connectivity index (χ4n) is 2.92. The summed E-state index contributed by atoms with van der Waals surface area (Å²) in [5.74, 6) is 0.761. The summed E-state index contributed by atoms with van der Waals surface area (Å²) in [6, 6.07) is 0. The minimum Gasteiger partial charge on any atom is -0.459 e. The predicted molar refractivity (Wildman–Crippen MR) is 35.6 cm³/mol. The molecule has 0 amide bonds. The van der Waals surface area contributed by atoms with Gasteiger partial charge in [0, 0.05) is 5.92 Å². The maximum atomic E-state index is 11.1. The number of carbonyl (C=O) groups is 1. The van der Waals surface area contributed by atoms with Crippen molar-refractivity contribution in [1.82, 2.24) is 0 Å². The van der Waals surface area contributed by atoms with Gasteiger partial charge in [-0.05, 0) is 18.8 Å². The number of hydrogen-bond donors (Lipinski definition) is 1. The SMILES string of the molecule is O=C1O[C@@H]2[C@H](O)[C@H]3C[C@@H]2[C@@H]1C3. The Bertz CT molecular complexity index is 225. The average molecular weight is 154 g/mol. The van der Waals surface area contributed by atoms with Crippen LogP contribution in [0.5, 0.6) is 0 Å². The van der Waals surface area contributed by atoms with Gasteiger partial charge in [-0.1, -0.05) is 0 Å². The molecule has 0 aromatic carbocycles. The molecule has 3 aliphatic rings. The maximum absolute atomic E-state index is 11.1. The zero-order chi connectivity index (χ0) is 7.59. The van der Waals surface area contributed by atoms with Crippen LogP contribution in [0.15, 0.2) is 0 Å². The van der Waals surface area contributed by atoms with Crippen molar-refractivity contribution in [2.24, 2.45) is 17.8 Å². The molecule has 0 radical (unpaired) electrons. The van der Waals surface area contributed by atoms with Crippen molar-refractivity contribution in [3.63, 3.8) is 0 Å². The minimum atomic E-state index is -0.359. The summed E-state index contributed by atoms with van der Waals surface area (Å²) in [5, 5.41) is 9.55. The van der Waals surface area contributed by atoms with Crippen molar-refractivity contribution in [2.75, 3.05) is 0 Å². The van der Waals surface area contributed by atoms with E-state index in [1.54, 1.807) is 0 Å². The molecule has 3 rings (SSSR count). The minimum absolute atomic E-state index is 0.0703. The van der Waals surface area contributed by atoms with E-state index in [1.165, 1.54) is 0 Å². The molecule has 60 valence electrons. The zero-order valence-electron chi connectivity index (χ0n) is 6.06. The molecule has 3 heteroatoms. The number of rotatable bonds is 0. The molecule has 0 unspecified atom stereocenters. The Hall–Kier alpha value is -0.570. The summed E-state index contributed by atoms with van der Waals surface area (Å²) < 4.78 is 5.06. The first-order valence-corrected chi connectivity index (χ1v) is 4.16. The average Bonchev–Trinajstić information content (AvgIpc) is 2.53. The largest absolute Gasteiger partial charge is 0.459 e. The Balaban J connectivity index is 2.04. The Labute approximate surface area is 64.3 Å². The molecule has 1 aliphatic heterocycles. The second kappa shape index (κ2) is 1.61. The number of carbonyl (C=O) groups excluding carboxylic acids is 1. The molecule has 0 spiro atoms. The fourth-order valence-corrected chi connectivity index (χ4v) is 2.92. The second-order valence-electron chi connectivity index (χ2n) is 3.89. The molecule has 1 heterocycles. The van der Waals surface area contributed by atoms with Gasteiger partial charge in [0.2, 0.25) is 0 Å². The fraction of sp³-hybridized carbons (Fsp3) is 0.875. The summed E-state index contributed by atoms with van der Waals surface area (Å²) in [4.78, 5) is 11.1. The van der Waals surface area contributed by atoms with E-state index >= 15 is 0 Å². The summed E-state index contributed by atoms with van der Waals surface area (Å²) >= 11 is 0. The Morgan fingerprint density at radius 3 is 2.91 bits per heavy atom. The summed E-state index contributed by atoms with van der Waals surface area (Å²) in [5.41, 5.74) is 0. The Kier molecular flexibility index (Phi) is 0.876. The Morgan fingerprint density at radius 2 is 2.27 bits per heavy atom. The summed E-state index contributed by atoms with van der Waals surface area (Å²) in [6.07, 6.45) is 1.36. The van der Waals surface area contributed by atoms with Crippen LogP contribution in [-0.2, 0) is 9.53 Å². The highest BCUT2D eigenvalue weighted by atomic mass is 16.6. The second-order valence-corrected chi connectivity index (χ2v) is 3.89. The molecule has 3 fully saturated rings. The lowest BCUT2D eigenvalue weighted by molar-refractivity contribution is -0.145. The molecule has 11 heavy (non-hydrogen) atoms. The van der Waals surface area contributed by atoms with E-state index in [9.17, 15) is 9.90 Å². The Morgan fingerprint density at radius 1 is 1.45 bits per heavy atom. The third-order valence-corrected chi connectivity index (χ3v) is 3.44. The van der Waals surface area contributed by atoms with Gasteiger partial charge in [-0.3, -0.25) is 4.79 Å². The molecule has 2 aliphatic carbocycles. The normalized spacial score (nSPS) is 58.6. The maximum Gasteiger partial charge on any atom is 0.309 e. The van der Waals surface area contributed by atoms with E-state index in [-0.39, 0.29) is 24.1 Å². The predicted octanol–water partition coefficient (Wildman–Crippen LogP) is -0.0713. The number of aliphatic hydroxyl groups excluding tert-OH is 1. The number of fused-ring (bicyclic) bond motifs is 1. The molecule has 3 nitrogen and oxygen atoms in total. The van der Waals surface area contributed by atoms with Gasteiger partial charge in [0.05, 0.1) is 12.0 Å². The van der Waals surface area contributed by atoms with Crippen LogP contribution in [0.4, 0.5) is 0 Å². The van der Waals surface area contributed by atoms with Gasteiger partial charge >= 0.3 is 5.97 Å². The lowest BCUT2D eigenvalue weighted by Crippen LogP contribution is -2.31. The third-order valence-electron chi connectivity index (χ3n) is 3.44. The van der Waals surface area contributed by atoms with Crippen molar-refractivity contribution in [3.05, 3.63) is 0 Å². The molecule has 2 bridgehead atoms. The highest BCUT2D eigenvalue weighted by molar-refractivity contribution is 5.76. The van der Waals surface area contributed by atoms with E-state index in [2.05, 4.69) is 0 Å². The lowest BCUT2D eigenvalue weighted by Gasteiger charge is -2.19. The van der Waals surface area contributed by atoms with Crippen molar-refractivity contribution >= 4 is 5.97 Å². The standard InChI is InChI=1S/C8H10O3/c9-6-3-1-4-5(2-3)8(10)11-7(4)6/h3-7,9H,1-2H2/t3-,4+,5-,6+,7-/m0/s1.